The van der Waals surface area contributed by atoms with Crippen molar-refractivity contribution in [3.63, 3.8) is 0 Å². The molecule has 1 aromatic heterocycles. The SMILES string of the molecule is Cc1ccc(NC(=O)CSc2nc3ccccc3c(=O)n2CCCN(C)C)cc1. The van der Waals surface area contributed by atoms with Crippen LogP contribution >= 0.6 is 11.8 Å². The lowest BCUT2D eigenvalue weighted by atomic mass is 10.2. The molecule has 0 spiro atoms. The highest BCUT2D eigenvalue weighted by atomic mass is 32.2. The number of nitrogens with zero attached hydrogens (tertiary/aromatic N) is 3. The zero-order valence-corrected chi connectivity index (χ0v) is 17.8. The molecular formula is C22H26N4O2S. The van der Waals surface area contributed by atoms with E-state index >= 15 is 0 Å². The molecule has 0 radical (unpaired) electrons. The number of nitrogens with one attached hydrogen (secondary N) is 1. The van der Waals surface area contributed by atoms with Crippen molar-refractivity contribution in [3.05, 3.63) is 64.4 Å². The standard InChI is InChI=1S/C22H26N4O2S/c1-16-9-11-17(12-10-16)23-20(27)15-29-22-24-19-8-5-4-7-18(19)21(28)26(22)14-6-13-25(2)3/h4-5,7-12H,6,13-15H2,1-3H3,(H,23,27). The Morgan fingerprint density at radius 1 is 1.14 bits per heavy atom. The number of carbonyl (C=O) groups is 1. The molecule has 0 fully saturated rings. The van der Waals surface area contributed by atoms with Crippen LogP contribution in [-0.2, 0) is 11.3 Å². The van der Waals surface area contributed by atoms with E-state index in [0.717, 1.165) is 24.2 Å². The predicted octanol–water partition coefficient (Wildman–Crippen LogP) is 3.39. The fourth-order valence-electron chi connectivity index (χ4n) is 2.96. The molecule has 0 atom stereocenters. The Hall–Kier alpha value is -2.64. The lowest BCUT2D eigenvalue weighted by molar-refractivity contribution is -0.113. The van der Waals surface area contributed by atoms with Gasteiger partial charge in [0.25, 0.3) is 5.56 Å². The number of anilines is 1. The van der Waals surface area contributed by atoms with Crippen LogP contribution < -0.4 is 10.9 Å². The summed E-state index contributed by atoms with van der Waals surface area (Å²) in [7, 11) is 4.01. The highest BCUT2D eigenvalue weighted by Gasteiger charge is 2.13. The third kappa shape index (κ3) is 5.68. The van der Waals surface area contributed by atoms with Crippen LogP contribution in [0.1, 0.15) is 12.0 Å². The van der Waals surface area contributed by atoms with E-state index in [4.69, 9.17) is 0 Å². The number of amides is 1. The number of hydrogen-bond donors (Lipinski definition) is 1. The van der Waals surface area contributed by atoms with Crippen molar-refractivity contribution in [2.45, 2.75) is 25.0 Å². The van der Waals surface area contributed by atoms with Gasteiger partial charge in [-0.15, -0.1) is 0 Å². The van der Waals surface area contributed by atoms with E-state index in [2.05, 4.69) is 15.2 Å². The number of para-hydroxylation sites is 1. The van der Waals surface area contributed by atoms with Crippen molar-refractivity contribution in [1.82, 2.24) is 14.5 Å². The third-order valence-electron chi connectivity index (χ3n) is 4.48. The summed E-state index contributed by atoms with van der Waals surface area (Å²) in [5.41, 5.74) is 2.49. The fraction of sp³-hybridized carbons (Fsp3) is 0.318. The second-order valence-electron chi connectivity index (χ2n) is 7.23. The number of hydrogen-bond acceptors (Lipinski definition) is 5. The van der Waals surface area contributed by atoms with E-state index in [1.165, 1.54) is 11.8 Å². The number of fused-ring (bicyclic) bond motifs is 1. The average Bonchev–Trinajstić information content (AvgIpc) is 2.70. The fourth-order valence-corrected chi connectivity index (χ4v) is 3.79. The highest BCUT2D eigenvalue weighted by Crippen LogP contribution is 2.19. The van der Waals surface area contributed by atoms with E-state index < -0.39 is 0 Å². The van der Waals surface area contributed by atoms with Crippen LogP contribution in [0, 0.1) is 6.92 Å². The first-order chi connectivity index (χ1) is 13.9. The first-order valence-corrected chi connectivity index (χ1v) is 10.6. The van der Waals surface area contributed by atoms with Crippen LogP contribution in [0.15, 0.2) is 58.5 Å². The molecule has 6 nitrogen and oxygen atoms in total. The molecule has 0 saturated heterocycles. The quantitative estimate of drug-likeness (QED) is 0.455. The number of thioether (sulfide) groups is 1. The molecule has 1 amide bonds. The van der Waals surface area contributed by atoms with Crippen LogP contribution in [0.4, 0.5) is 5.69 Å². The molecule has 0 saturated carbocycles. The topological polar surface area (TPSA) is 67.2 Å². The van der Waals surface area contributed by atoms with E-state index in [1.807, 2.05) is 63.5 Å². The summed E-state index contributed by atoms with van der Waals surface area (Å²) in [5, 5.41) is 4.07. The van der Waals surface area contributed by atoms with E-state index in [-0.39, 0.29) is 17.2 Å². The Bertz CT molecular complexity index is 1040. The molecule has 0 unspecified atom stereocenters. The van der Waals surface area contributed by atoms with Gasteiger partial charge in [-0.3, -0.25) is 14.2 Å². The van der Waals surface area contributed by atoms with Gasteiger partial charge in [0.15, 0.2) is 5.16 Å². The molecular weight excluding hydrogens is 384 g/mol. The molecule has 152 valence electrons. The largest absolute Gasteiger partial charge is 0.325 e. The molecule has 1 heterocycles. The normalized spacial score (nSPS) is 11.2. The Balaban J connectivity index is 1.78. The average molecular weight is 411 g/mol. The number of rotatable bonds is 8. The van der Waals surface area contributed by atoms with Gasteiger partial charge in [0.1, 0.15) is 0 Å². The number of aromatic nitrogens is 2. The van der Waals surface area contributed by atoms with Gasteiger partial charge in [-0.1, -0.05) is 41.6 Å². The Labute approximate surface area is 174 Å². The summed E-state index contributed by atoms with van der Waals surface area (Å²) < 4.78 is 1.69. The zero-order valence-electron chi connectivity index (χ0n) is 17.0. The molecule has 2 aromatic carbocycles. The van der Waals surface area contributed by atoms with Crippen molar-refractivity contribution in [3.8, 4) is 0 Å². The van der Waals surface area contributed by atoms with Crippen LogP contribution in [0.2, 0.25) is 0 Å². The summed E-state index contributed by atoms with van der Waals surface area (Å²) in [5.74, 6) is 0.0629. The van der Waals surface area contributed by atoms with Crippen molar-refractivity contribution in [1.29, 1.82) is 0 Å². The summed E-state index contributed by atoms with van der Waals surface area (Å²) in [6.45, 7) is 3.44. The van der Waals surface area contributed by atoms with Gasteiger partial charge in [0.2, 0.25) is 5.91 Å². The van der Waals surface area contributed by atoms with Crippen molar-refractivity contribution < 1.29 is 4.79 Å². The van der Waals surface area contributed by atoms with Gasteiger partial charge in [-0.2, -0.15) is 0 Å². The van der Waals surface area contributed by atoms with Crippen LogP contribution in [-0.4, -0.2) is 46.8 Å². The van der Waals surface area contributed by atoms with E-state index in [1.54, 1.807) is 10.6 Å². The van der Waals surface area contributed by atoms with Gasteiger partial charge in [-0.05, 0) is 58.3 Å². The molecule has 0 bridgehead atoms. The maximum Gasteiger partial charge on any atom is 0.262 e. The Morgan fingerprint density at radius 2 is 1.86 bits per heavy atom. The molecule has 1 N–H and O–H groups in total. The predicted molar refractivity (Wildman–Crippen MR) is 120 cm³/mol. The monoisotopic (exact) mass is 410 g/mol. The highest BCUT2D eigenvalue weighted by molar-refractivity contribution is 7.99. The molecule has 0 aliphatic heterocycles. The van der Waals surface area contributed by atoms with Crippen LogP contribution in [0.25, 0.3) is 10.9 Å². The minimum Gasteiger partial charge on any atom is -0.325 e. The van der Waals surface area contributed by atoms with Crippen LogP contribution in [0.3, 0.4) is 0 Å². The van der Waals surface area contributed by atoms with E-state index in [0.29, 0.717) is 22.6 Å². The summed E-state index contributed by atoms with van der Waals surface area (Å²) in [4.78, 5) is 32.1. The maximum absolute atomic E-state index is 13.0. The molecule has 29 heavy (non-hydrogen) atoms. The van der Waals surface area contributed by atoms with Crippen molar-refractivity contribution >= 4 is 34.3 Å². The lowest BCUT2D eigenvalue weighted by Gasteiger charge is -2.15. The summed E-state index contributed by atoms with van der Waals surface area (Å²) >= 11 is 1.29. The Morgan fingerprint density at radius 3 is 2.59 bits per heavy atom. The van der Waals surface area contributed by atoms with Gasteiger partial charge < -0.3 is 10.2 Å². The van der Waals surface area contributed by atoms with Gasteiger partial charge in [0.05, 0.1) is 16.7 Å². The second-order valence-corrected chi connectivity index (χ2v) is 8.17. The molecule has 0 aliphatic rings. The maximum atomic E-state index is 13.0. The van der Waals surface area contributed by atoms with Gasteiger partial charge in [0, 0.05) is 12.2 Å². The van der Waals surface area contributed by atoms with Gasteiger partial charge >= 0.3 is 0 Å². The summed E-state index contributed by atoms with van der Waals surface area (Å²) in [6.07, 6.45) is 0.829. The smallest absolute Gasteiger partial charge is 0.262 e. The first-order valence-electron chi connectivity index (χ1n) is 9.57. The van der Waals surface area contributed by atoms with Crippen LogP contribution in [0.5, 0.6) is 0 Å². The first kappa shape index (κ1) is 21.1. The van der Waals surface area contributed by atoms with Crippen molar-refractivity contribution in [2.24, 2.45) is 0 Å². The van der Waals surface area contributed by atoms with E-state index in [9.17, 15) is 9.59 Å². The number of benzene rings is 2. The lowest BCUT2D eigenvalue weighted by Crippen LogP contribution is -2.26. The second kappa shape index (κ2) is 9.71. The van der Waals surface area contributed by atoms with Crippen molar-refractivity contribution in [2.75, 3.05) is 31.7 Å². The molecule has 3 rings (SSSR count). The summed E-state index contributed by atoms with van der Waals surface area (Å²) in [6, 6.07) is 15.0. The minimum absolute atomic E-state index is 0.0594. The number of carbonyl (C=O) groups excluding carboxylic acids is 1. The zero-order chi connectivity index (χ0) is 20.8. The molecule has 3 aromatic rings. The number of aryl methyl sites for hydroxylation is 1. The molecule has 7 heteroatoms. The Kier molecular flexibility index (Phi) is 7.06. The minimum atomic E-state index is -0.124. The van der Waals surface area contributed by atoms with Gasteiger partial charge in [-0.25, -0.2) is 4.98 Å². The molecule has 0 aliphatic carbocycles. The third-order valence-corrected chi connectivity index (χ3v) is 5.46.